The average Bonchev–Trinajstić information content (AvgIpc) is 3.54. The van der Waals surface area contributed by atoms with E-state index >= 15 is 0 Å². The van der Waals surface area contributed by atoms with Gasteiger partial charge in [-0.2, -0.15) is 0 Å². The molecule has 1 amide bonds. The van der Waals surface area contributed by atoms with Gasteiger partial charge >= 0.3 is 5.69 Å². The Morgan fingerprint density at radius 2 is 1.85 bits per heavy atom. The van der Waals surface area contributed by atoms with Crippen molar-refractivity contribution in [3.05, 3.63) is 74.6 Å². The molecule has 2 N–H and O–H groups in total. The lowest BCUT2D eigenvalue weighted by Gasteiger charge is -2.31. The molecule has 0 aliphatic carbocycles. The van der Waals surface area contributed by atoms with E-state index in [0.717, 1.165) is 23.0 Å². The van der Waals surface area contributed by atoms with E-state index in [4.69, 9.17) is 10.5 Å². The minimum Gasteiger partial charge on any atom is -0.405 e. The normalized spacial score (nSPS) is 15.4. The number of hydrogen-bond acceptors (Lipinski definition) is 7. The molecule has 39 heavy (non-hydrogen) atoms. The number of thiophene rings is 1. The van der Waals surface area contributed by atoms with Crippen LogP contribution in [-0.2, 0) is 21.6 Å². The molecular formula is C29H37N5O4S. The van der Waals surface area contributed by atoms with Crippen molar-refractivity contribution in [2.45, 2.75) is 71.8 Å². The predicted octanol–water partition coefficient (Wildman–Crippen LogP) is 4.23. The zero-order valence-electron chi connectivity index (χ0n) is 23.2. The second kappa shape index (κ2) is 11.7. The van der Waals surface area contributed by atoms with Gasteiger partial charge in [-0.3, -0.25) is 14.2 Å². The maximum Gasteiger partial charge on any atom is 0.333 e. The van der Waals surface area contributed by atoms with Crippen LogP contribution < -0.4 is 17.0 Å². The topological polar surface area (TPSA) is 112 Å². The van der Waals surface area contributed by atoms with Crippen LogP contribution in [0.1, 0.15) is 57.8 Å². The number of carbonyl (C=O) groups is 1. The lowest BCUT2D eigenvalue weighted by Crippen LogP contribution is -2.56. The van der Waals surface area contributed by atoms with E-state index in [-0.39, 0.29) is 18.6 Å². The highest BCUT2D eigenvalue weighted by Crippen LogP contribution is 2.36. The van der Waals surface area contributed by atoms with Crippen LogP contribution in [-0.4, -0.2) is 45.3 Å². The first-order valence-electron chi connectivity index (χ1n) is 13.3. The molecular weight excluding hydrogens is 514 g/mol. The highest BCUT2D eigenvalue weighted by atomic mass is 32.1. The first-order valence-corrected chi connectivity index (χ1v) is 14.1. The van der Waals surface area contributed by atoms with Crippen molar-refractivity contribution < 1.29 is 9.53 Å². The number of hydrogen-bond donors (Lipinski definition) is 1. The Labute approximate surface area is 232 Å². The van der Waals surface area contributed by atoms with Crippen LogP contribution in [0.2, 0.25) is 0 Å². The van der Waals surface area contributed by atoms with Crippen molar-refractivity contribution in [2.24, 2.45) is 10.7 Å². The molecule has 1 aromatic carbocycles. The first-order chi connectivity index (χ1) is 18.6. The van der Waals surface area contributed by atoms with Gasteiger partial charge in [0.1, 0.15) is 21.5 Å². The van der Waals surface area contributed by atoms with Gasteiger partial charge in [0.2, 0.25) is 5.91 Å². The summed E-state index contributed by atoms with van der Waals surface area (Å²) in [5.74, 6) is -0.234. The molecule has 0 bridgehead atoms. The molecule has 1 saturated heterocycles. The zero-order valence-corrected chi connectivity index (χ0v) is 24.0. The van der Waals surface area contributed by atoms with Crippen LogP contribution in [0.4, 0.5) is 5.00 Å². The Bertz CT molecular complexity index is 1510. The number of fused-ring (bicyclic) bond motifs is 1. The number of ether oxygens (including phenoxy) is 1. The van der Waals surface area contributed by atoms with Gasteiger partial charge in [-0.05, 0) is 65.3 Å². The molecule has 1 aliphatic rings. The largest absolute Gasteiger partial charge is 0.405 e. The molecule has 3 aromatic rings. The summed E-state index contributed by atoms with van der Waals surface area (Å²) in [4.78, 5) is 48.6. The number of aromatic nitrogens is 2. The van der Waals surface area contributed by atoms with Crippen molar-refractivity contribution >= 4 is 38.7 Å². The van der Waals surface area contributed by atoms with Crippen LogP contribution in [0, 0.1) is 6.92 Å². The maximum atomic E-state index is 14.2. The van der Waals surface area contributed by atoms with E-state index in [9.17, 15) is 14.4 Å². The quantitative estimate of drug-likeness (QED) is 0.400. The molecule has 1 fully saturated rings. The van der Waals surface area contributed by atoms with Crippen molar-refractivity contribution in [1.29, 1.82) is 0 Å². The van der Waals surface area contributed by atoms with E-state index in [1.54, 1.807) is 35.6 Å². The lowest BCUT2D eigenvalue weighted by molar-refractivity contribution is -0.138. The second-order valence-corrected chi connectivity index (χ2v) is 11.5. The molecule has 3 heterocycles. The van der Waals surface area contributed by atoms with Crippen molar-refractivity contribution in [3.8, 4) is 0 Å². The molecule has 2 aromatic heterocycles. The number of benzene rings is 1. The van der Waals surface area contributed by atoms with Crippen LogP contribution >= 0.6 is 11.3 Å². The van der Waals surface area contributed by atoms with Crippen molar-refractivity contribution in [1.82, 2.24) is 14.0 Å². The first kappa shape index (κ1) is 28.5. The summed E-state index contributed by atoms with van der Waals surface area (Å²) in [6.07, 6.45) is 5.78. The van der Waals surface area contributed by atoms with Gasteiger partial charge in [0, 0.05) is 24.9 Å². The zero-order chi connectivity index (χ0) is 28.3. The van der Waals surface area contributed by atoms with Crippen molar-refractivity contribution in [2.75, 3.05) is 13.1 Å². The molecule has 1 atom stereocenters. The fraction of sp³-hybridized carbons (Fsp3) is 0.448. The standard InChI is InChI=1S/C29H37N5O4S/c1-19(2)38-22(21-12-7-6-8-13-21)18-33-26-23(20(3)24(39-26)31-15-11-14-30)25(35)34(28(33)37)29(4,5)27(36)32-16-9-10-17-32/h6-8,11-15,19,22H,9-10,16-18,30H2,1-5H3/t22-/m0/s1. The number of carbonyl (C=O) groups excluding carboxylic acids is 1. The fourth-order valence-corrected chi connectivity index (χ4v) is 6.22. The second-order valence-electron chi connectivity index (χ2n) is 10.6. The Balaban J connectivity index is 1.98. The summed E-state index contributed by atoms with van der Waals surface area (Å²) in [6, 6.07) is 9.70. The number of nitrogens with zero attached hydrogens (tertiary/aromatic N) is 4. The smallest absolute Gasteiger partial charge is 0.333 e. The third-order valence-corrected chi connectivity index (χ3v) is 8.23. The van der Waals surface area contributed by atoms with E-state index in [1.165, 1.54) is 17.5 Å². The third kappa shape index (κ3) is 5.62. The van der Waals surface area contributed by atoms with Gasteiger partial charge in [-0.25, -0.2) is 14.4 Å². The Hall–Kier alpha value is -3.50. The van der Waals surface area contributed by atoms with Gasteiger partial charge in [0.05, 0.1) is 18.0 Å². The number of nitrogens with two attached hydrogens (primary N) is 1. The van der Waals surface area contributed by atoms with E-state index < -0.39 is 22.9 Å². The van der Waals surface area contributed by atoms with Gasteiger partial charge in [-0.1, -0.05) is 41.7 Å². The molecule has 0 spiro atoms. The Morgan fingerprint density at radius 3 is 2.46 bits per heavy atom. The molecule has 9 nitrogen and oxygen atoms in total. The summed E-state index contributed by atoms with van der Waals surface area (Å²) in [5.41, 5.74) is 4.60. The van der Waals surface area contributed by atoms with E-state index in [2.05, 4.69) is 4.99 Å². The van der Waals surface area contributed by atoms with Crippen LogP contribution in [0.25, 0.3) is 10.2 Å². The van der Waals surface area contributed by atoms with Gasteiger partial charge in [-0.15, -0.1) is 0 Å². The fourth-order valence-electron chi connectivity index (χ4n) is 5.06. The summed E-state index contributed by atoms with van der Waals surface area (Å²) in [6.45, 7) is 10.4. The highest BCUT2D eigenvalue weighted by molar-refractivity contribution is 7.22. The van der Waals surface area contributed by atoms with Crippen LogP contribution in [0.15, 0.2) is 57.2 Å². The number of aryl methyl sites for hydroxylation is 1. The number of aliphatic imine (C=N–C) groups is 1. The maximum absolute atomic E-state index is 14.2. The Kier molecular flexibility index (Phi) is 8.56. The SMILES string of the molecule is Cc1c(N=CC=CN)sc2c1c(=O)n(C(C)(C)C(=O)N1CCCC1)c(=O)n2C[C@H](OC(C)C)c1ccccc1. The minimum atomic E-state index is -1.38. The van der Waals surface area contributed by atoms with Gasteiger partial charge in [0.15, 0.2) is 0 Å². The molecule has 4 rings (SSSR count). The predicted molar refractivity (Wildman–Crippen MR) is 157 cm³/mol. The molecule has 0 unspecified atom stereocenters. The summed E-state index contributed by atoms with van der Waals surface area (Å²) in [5, 5.41) is 0.970. The summed E-state index contributed by atoms with van der Waals surface area (Å²) < 4.78 is 8.97. The molecule has 208 valence electrons. The molecule has 1 aliphatic heterocycles. The average molecular weight is 552 g/mol. The van der Waals surface area contributed by atoms with Gasteiger partial charge < -0.3 is 15.4 Å². The van der Waals surface area contributed by atoms with E-state index in [0.29, 0.717) is 33.9 Å². The third-order valence-electron chi connectivity index (χ3n) is 7.01. The number of likely N-dealkylation sites (tertiary alicyclic amines) is 1. The molecule has 0 radical (unpaired) electrons. The number of amides is 1. The number of rotatable bonds is 9. The molecule has 0 saturated carbocycles. The van der Waals surface area contributed by atoms with Crippen molar-refractivity contribution in [3.63, 3.8) is 0 Å². The highest BCUT2D eigenvalue weighted by Gasteiger charge is 2.39. The minimum absolute atomic E-state index is 0.103. The lowest BCUT2D eigenvalue weighted by atomic mass is 10.0. The monoisotopic (exact) mass is 551 g/mol. The summed E-state index contributed by atoms with van der Waals surface area (Å²) in [7, 11) is 0. The Morgan fingerprint density at radius 1 is 1.18 bits per heavy atom. The molecule has 10 heteroatoms. The van der Waals surface area contributed by atoms with Gasteiger partial charge in [0.25, 0.3) is 5.56 Å². The van der Waals surface area contributed by atoms with Crippen LogP contribution in [0.3, 0.4) is 0 Å². The van der Waals surface area contributed by atoms with E-state index in [1.807, 2.05) is 51.1 Å². The number of allylic oxidation sites excluding steroid dienone is 1. The van der Waals surface area contributed by atoms with Crippen LogP contribution in [0.5, 0.6) is 0 Å². The summed E-state index contributed by atoms with van der Waals surface area (Å²) >= 11 is 1.26.